The third-order valence-corrected chi connectivity index (χ3v) is 2.57. The first-order valence-electron chi connectivity index (χ1n) is 4.12. The summed E-state index contributed by atoms with van der Waals surface area (Å²) in [6, 6.07) is 0. The summed E-state index contributed by atoms with van der Waals surface area (Å²) in [5.41, 5.74) is 5.25. The molecule has 0 aliphatic heterocycles. The van der Waals surface area contributed by atoms with Gasteiger partial charge in [0.1, 0.15) is 0 Å². The van der Waals surface area contributed by atoms with E-state index in [0.717, 1.165) is 17.4 Å². The van der Waals surface area contributed by atoms with Gasteiger partial charge in [0.25, 0.3) is 0 Å². The van der Waals surface area contributed by atoms with Crippen molar-refractivity contribution >= 4 is 11.8 Å². The largest absolute Gasteiger partial charge is 0.391 e. The predicted octanol–water partition coefficient (Wildman–Crippen LogP) is 1.09. The Balaban J connectivity index is 3.01. The van der Waals surface area contributed by atoms with Crippen molar-refractivity contribution in [2.24, 2.45) is 11.7 Å². The van der Waals surface area contributed by atoms with Crippen molar-refractivity contribution in [2.75, 3.05) is 18.1 Å². The number of rotatable bonds is 6. The predicted molar refractivity (Wildman–Crippen MR) is 51.8 cm³/mol. The smallest absolute Gasteiger partial charge is 0.0752 e. The summed E-state index contributed by atoms with van der Waals surface area (Å²) in [6.45, 7) is 4.80. The highest BCUT2D eigenvalue weighted by Crippen LogP contribution is 2.09. The minimum Gasteiger partial charge on any atom is -0.391 e. The van der Waals surface area contributed by atoms with E-state index < -0.39 is 0 Å². The minimum atomic E-state index is -0.313. The lowest BCUT2D eigenvalue weighted by Gasteiger charge is -2.07. The lowest BCUT2D eigenvalue weighted by atomic mass is 10.2. The van der Waals surface area contributed by atoms with Crippen molar-refractivity contribution in [3.05, 3.63) is 0 Å². The van der Waals surface area contributed by atoms with E-state index in [9.17, 15) is 0 Å². The maximum Gasteiger partial charge on any atom is 0.0752 e. The van der Waals surface area contributed by atoms with Crippen molar-refractivity contribution in [3.8, 4) is 0 Å². The average Bonchev–Trinajstić information content (AvgIpc) is 1.97. The van der Waals surface area contributed by atoms with E-state index >= 15 is 0 Å². The van der Waals surface area contributed by atoms with Crippen LogP contribution in [0.5, 0.6) is 0 Å². The van der Waals surface area contributed by atoms with Crippen molar-refractivity contribution in [2.45, 2.75) is 26.4 Å². The Bertz CT molecular complexity index is 88.2. The number of thioether (sulfide) groups is 1. The summed E-state index contributed by atoms with van der Waals surface area (Å²) in [7, 11) is 0. The second kappa shape index (κ2) is 6.95. The molecule has 2 nitrogen and oxygen atoms in total. The molecule has 1 atom stereocenters. The van der Waals surface area contributed by atoms with Crippen LogP contribution in [0, 0.1) is 5.92 Å². The number of hydrogen-bond donors (Lipinski definition) is 2. The van der Waals surface area contributed by atoms with Crippen molar-refractivity contribution in [1.29, 1.82) is 0 Å². The molecular weight excluding hydrogens is 158 g/mol. The lowest BCUT2D eigenvalue weighted by molar-refractivity contribution is 0.208. The SMILES string of the molecule is CC(C)CCSCC(O)CN. The Hall–Kier alpha value is 0.270. The molecular formula is C8H19NOS. The molecule has 0 radical (unpaired) electrons. The van der Waals surface area contributed by atoms with Gasteiger partial charge in [-0.3, -0.25) is 0 Å². The third-order valence-electron chi connectivity index (χ3n) is 1.42. The van der Waals surface area contributed by atoms with Crippen LogP contribution >= 0.6 is 11.8 Å². The Labute approximate surface area is 73.6 Å². The highest BCUT2D eigenvalue weighted by atomic mass is 32.2. The molecule has 0 aromatic heterocycles. The Morgan fingerprint density at radius 3 is 2.55 bits per heavy atom. The van der Waals surface area contributed by atoms with Crippen molar-refractivity contribution in [3.63, 3.8) is 0 Å². The molecule has 3 heteroatoms. The number of aliphatic hydroxyl groups excluding tert-OH is 1. The van der Waals surface area contributed by atoms with E-state index in [-0.39, 0.29) is 6.10 Å². The van der Waals surface area contributed by atoms with Gasteiger partial charge in [-0.05, 0) is 18.1 Å². The molecule has 3 N–H and O–H groups in total. The maximum absolute atomic E-state index is 9.08. The van der Waals surface area contributed by atoms with Crippen LogP contribution in [0.2, 0.25) is 0 Å². The van der Waals surface area contributed by atoms with Crippen LogP contribution in [-0.4, -0.2) is 29.3 Å². The van der Waals surface area contributed by atoms with Crippen LogP contribution < -0.4 is 5.73 Å². The van der Waals surface area contributed by atoms with Gasteiger partial charge in [0.2, 0.25) is 0 Å². The molecule has 0 saturated heterocycles. The molecule has 0 aliphatic carbocycles. The fraction of sp³-hybridized carbons (Fsp3) is 1.00. The first kappa shape index (κ1) is 11.3. The summed E-state index contributed by atoms with van der Waals surface area (Å²) in [6.07, 6.45) is 0.911. The van der Waals surface area contributed by atoms with E-state index in [2.05, 4.69) is 13.8 Å². The first-order chi connectivity index (χ1) is 5.16. The summed E-state index contributed by atoms with van der Waals surface area (Å²) in [4.78, 5) is 0. The molecule has 1 unspecified atom stereocenters. The molecule has 68 valence electrons. The molecule has 11 heavy (non-hydrogen) atoms. The Morgan fingerprint density at radius 1 is 1.45 bits per heavy atom. The molecule has 0 amide bonds. The molecule has 0 spiro atoms. The Morgan fingerprint density at radius 2 is 2.09 bits per heavy atom. The molecule has 0 rings (SSSR count). The van der Waals surface area contributed by atoms with Gasteiger partial charge in [-0.2, -0.15) is 11.8 Å². The Kier molecular flexibility index (Phi) is 7.12. The molecule has 0 heterocycles. The monoisotopic (exact) mass is 177 g/mol. The highest BCUT2D eigenvalue weighted by Gasteiger charge is 2.00. The van der Waals surface area contributed by atoms with Gasteiger partial charge >= 0.3 is 0 Å². The van der Waals surface area contributed by atoms with Crippen LogP contribution in [0.4, 0.5) is 0 Å². The van der Waals surface area contributed by atoms with Gasteiger partial charge in [0, 0.05) is 12.3 Å². The number of nitrogens with two attached hydrogens (primary N) is 1. The number of aliphatic hydroxyl groups is 1. The standard InChI is InChI=1S/C8H19NOS/c1-7(2)3-4-11-6-8(10)5-9/h7-8,10H,3-6,9H2,1-2H3. The van der Waals surface area contributed by atoms with E-state index in [1.165, 1.54) is 6.42 Å². The van der Waals surface area contributed by atoms with Crippen LogP contribution in [0.3, 0.4) is 0 Å². The molecule has 0 fully saturated rings. The van der Waals surface area contributed by atoms with Gasteiger partial charge in [-0.1, -0.05) is 13.8 Å². The van der Waals surface area contributed by atoms with Gasteiger partial charge in [-0.25, -0.2) is 0 Å². The van der Waals surface area contributed by atoms with Crippen LogP contribution in [0.25, 0.3) is 0 Å². The van der Waals surface area contributed by atoms with Crippen molar-refractivity contribution in [1.82, 2.24) is 0 Å². The van der Waals surface area contributed by atoms with E-state index in [1.807, 2.05) is 0 Å². The molecule has 0 saturated carbocycles. The summed E-state index contributed by atoms with van der Waals surface area (Å²) < 4.78 is 0. The van der Waals surface area contributed by atoms with E-state index in [1.54, 1.807) is 11.8 Å². The van der Waals surface area contributed by atoms with Gasteiger partial charge < -0.3 is 10.8 Å². The highest BCUT2D eigenvalue weighted by molar-refractivity contribution is 7.99. The van der Waals surface area contributed by atoms with Gasteiger partial charge in [0.05, 0.1) is 6.10 Å². The van der Waals surface area contributed by atoms with Crippen LogP contribution in [0.1, 0.15) is 20.3 Å². The fourth-order valence-corrected chi connectivity index (χ4v) is 1.82. The van der Waals surface area contributed by atoms with Crippen molar-refractivity contribution < 1.29 is 5.11 Å². The molecule has 0 bridgehead atoms. The summed E-state index contributed by atoms with van der Waals surface area (Å²) in [5, 5.41) is 9.08. The van der Waals surface area contributed by atoms with E-state index in [0.29, 0.717) is 6.54 Å². The van der Waals surface area contributed by atoms with Gasteiger partial charge in [-0.15, -0.1) is 0 Å². The molecule has 0 aromatic rings. The second-order valence-electron chi connectivity index (χ2n) is 3.15. The first-order valence-corrected chi connectivity index (χ1v) is 5.28. The normalized spacial score (nSPS) is 13.9. The van der Waals surface area contributed by atoms with Crippen LogP contribution in [-0.2, 0) is 0 Å². The number of hydrogen-bond acceptors (Lipinski definition) is 3. The third kappa shape index (κ3) is 8.17. The van der Waals surface area contributed by atoms with Gasteiger partial charge in [0.15, 0.2) is 0 Å². The summed E-state index contributed by atoms with van der Waals surface area (Å²) in [5.74, 6) is 2.68. The zero-order valence-corrected chi connectivity index (χ0v) is 8.23. The molecule has 0 aliphatic rings. The topological polar surface area (TPSA) is 46.2 Å². The summed E-state index contributed by atoms with van der Waals surface area (Å²) >= 11 is 1.78. The maximum atomic E-state index is 9.08. The average molecular weight is 177 g/mol. The second-order valence-corrected chi connectivity index (χ2v) is 4.30. The minimum absolute atomic E-state index is 0.313. The molecule has 0 aromatic carbocycles. The zero-order valence-electron chi connectivity index (χ0n) is 7.42. The van der Waals surface area contributed by atoms with E-state index in [4.69, 9.17) is 10.8 Å². The fourth-order valence-electron chi connectivity index (χ4n) is 0.606. The lowest BCUT2D eigenvalue weighted by Crippen LogP contribution is -2.22. The zero-order chi connectivity index (χ0) is 8.69. The van der Waals surface area contributed by atoms with Crippen LogP contribution in [0.15, 0.2) is 0 Å². The quantitative estimate of drug-likeness (QED) is 0.597.